The lowest BCUT2D eigenvalue weighted by Gasteiger charge is -2.34. The van der Waals surface area contributed by atoms with E-state index in [0.29, 0.717) is 24.6 Å². The fourth-order valence-electron chi connectivity index (χ4n) is 3.18. The number of halogens is 3. The summed E-state index contributed by atoms with van der Waals surface area (Å²) in [6.45, 7) is 0.625. The molecule has 0 aromatic carbocycles. The molecular formula is C16H18F3N5O. The Morgan fingerprint density at radius 1 is 1.16 bits per heavy atom. The Kier molecular flexibility index (Phi) is 3.81. The molecule has 1 N–H and O–H groups in total. The van der Waals surface area contributed by atoms with Crippen molar-refractivity contribution >= 4 is 23.3 Å². The molecule has 1 saturated heterocycles. The van der Waals surface area contributed by atoms with Crippen molar-refractivity contribution in [2.45, 2.75) is 31.9 Å². The van der Waals surface area contributed by atoms with Crippen molar-refractivity contribution in [3.63, 3.8) is 0 Å². The van der Waals surface area contributed by atoms with E-state index in [1.165, 1.54) is 0 Å². The van der Waals surface area contributed by atoms with Crippen LogP contribution in [0.5, 0.6) is 0 Å². The summed E-state index contributed by atoms with van der Waals surface area (Å²) in [5.74, 6) is -0.352. The van der Waals surface area contributed by atoms with Crippen LogP contribution < -0.4 is 10.2 Å². The van der Waals surface area contributed by atoms with Gasteiger partial charge in [-0.2, -0.15) is 22.7 Å². The summed E-state index contributed by atoms with van der Waals surface area (Å²) < 4.78 is 40.1. The zero-order valence-electron chi connectivity index (χ0n) is 13.5. The van der Waals surface area contributed by atoms with Gasteiger partial charge in [-0.15, -0.1) is 5.10 Å². The molecule has 0 bridgehead atoms. The molecule has 1 aliphatic heterocycles. The van der Waals surface area contributed by atoms with Crippen LogP contribution in [-0.4, -0.2) is 39.8 Å². The normalized spacial score (nSPS) is 19.4. The Morgan fingerprint density at radius 3 is 2.52 bits per heavy atom. The summed E-state index contributed by atoms with van der Waals surface area (Å²) in [7, 11) is 0. The van der Waals surface area contributed by atoms with Gasteiger partial charge in [0.1, 0.15) is 5.82 Å². The number of nitrogens with zero attached hydrogens (tertiary/aromatic N) is 4. The van der Waals surface area contributed by atoms with Gasteiger partial charge in [0.25, 0.3) is 0 Å². The molecule has 0 spiro atoms. The van der Waals surface area contributed by atoms with Crippen LogP contribution in [0.4, 0.5) is 24.9 Å². The van der Waals surface area contributed by atoms with E-state index in [4.69, 9.17) is 0 Å². The molecule has 1 amide bonds. The standard InChI is InChI=1S/C16H18F3N5O/c17-16(18,19)11-6-8-23(9-7-11)13-3-1-2-12-20-15(22-24(12)13)21-14(25)10-4-5-10/h1-3,10-11H,4-9H2,(H,21,22,25). The largest absolute Gasteiger partial charge is 0.391 e. The molecule has 25 heavy (non-hydrogen) atoms. The Labute approximate surface area is 142 Å². The average molecular weight is 353 g/mol. The second-order valence-electron chi connectivity index (χ2n) is 6.66. The van der Waals surface area contributed by atoms with Gasteiger partial charge in [0, 0.05) is 19.0 Å². The molecular weight excluding hydrogens is 335 g/mol. The van der Waals surface area contributed by atoms with Crippen LogP contribution in [0.25, 0.3) is 5.65 Å². The van der Waals surface area contributed by atoms with Crippen molar-refractivity contribution < 1.29 is 18.0 Å². The zero-order chi connectivity index (χ0) is 17.6. The molecule has 2 aromatic rings. The van der Waals surface area contributed by atoms with Crippen molar-refractivity contribution in [1.29, 1.82) is 0 Å². The number of piperidine rings is 1. The lowest BCUT2D eigenvalue weighted by atomic mass is 9.96. The highest BCUT2D eigenvalue weighted by molar-refractivity contribution is 5.92. The summed E-state index contributed by atoms with van der Waals surface area (Å²) in [5, 5.41) is 7.02. The van der Waals surface area contributed by atoms with Crippen molar-refractivity contribution in [1.82, 2.24) is 14.6 Å². The van der Waals surface area contributed by atoms with Crippen LogP contribution >= 0.6 is 0 Å². The number of pyridine rings is 1. The minimum atomic E-state index is -4.13. The number of hydrogen-bond donors (Lipinski definition) is 1. The molecule has 134 valence electrons. The first-order valence-electron chi connectivity index (χ1n) is 8.40. The average Bonchev–Trinajstić information content (AvgIpc) is 3.34. The number of carbonyl (C=O) groups excluding carboxylic acids is 1. The fraction of sp³-hybridized carbons (Fsp3) is 0.562. The molecule has 1 saturated carbocycles. The van der Waals surface area contributed by atoms with Gasteiger partial charge in [0.05, 0.1) is 5.92 Å². The topological polar surface area (TPSA) is 62.5 Å². The first-order valence-corrected chi connectivity index (χ1v) is 8.40. The summed E-state index contributed by atoms with van der Waals surface area (Å²) in [5.41, 5.74) is 0.557. The van der Waals surface area contributed by atoms with E-state index in [2.05, 4.69) is 15.4 Å². The first kappa shape index (κ1) is 16.2. The third kappa shape index (κ3) is 3.27. The maximum atomic E-state index is 12.8. The fourth-order valence-corrected chi connectivity index (χ4v) is 3.18. The third-order valence-corrected chi connectivity index (χ3v) is 4.80. The van der Waals surface area contributed by atoms with E-state index in [9.17, 15) is 18.0 Å². The van der Waals surface area contributed by atoms with E-state index < -0.39 is 12.1 Å². The van der Waals surface area contributed by atoms with E-state index >= 15 is 0 Å². The molecule has 0 atom stereocenters. The Morgan fingerprint density at radius 2 is 1.88 bits per heavy atom. The second kappa shape index (κ2) is 5.89. The second-order valence-corrected chi connectivity index (χ2v) is 6.66. The minimum absolute atomic E-state index is 0.0486. The van der Waals surface area contributed by atoms with Crippen molar-refractivity contribution in [3.8, 4) is 0 Å². The monoisotopic (exact) mass is 353 g/mol. The maximum Gasteiger partial charge on any atom is 0.391 e. The van der Waals surface area contributed by atoms with Crippen molar-refractivity contribution in [2.24, 2.45) is 11.8 Å². The van der Waals surface area contributed by atoms with Crippen LogP contribution in [0.1, 0.15) is 25.7 Å². The molecule has 2 fully saturated rings. The molecule has 0 radical (unpaired) electrons. The van der Waals surface area contributed by atoms with Gasteiger partial charge in [-0.3, -0.25) is 10.1 Å². The number of alkyl halides is 3. The van der Waals surface area contributed by atoms with Crippen molar-refractivity contribution in [2.75, 3.05) is 23.3 Å². The first-order chi connectivity index (χ1) is 11.9. The number of nitrogens with one attached hydrogen (secondary N) is 1. The van der Waals surface area contributed by atoms with Gasteiger partial charge in [0.15, 0.2) is 5.65 Å². The Hall–Kier alpha value is -2.32. The van der Waals surface area contributed by atoms with Gasteiger partial charge in [-0.25, -0.2) is 0 Å². The van der Waals surface area contributed by atoms with E-state index in [0.717, 1.165) is 12.8 Å². The van der Waals surface area contributed by atoms with Crippen LogP contribution in [0, 0.1) is 11.8 Å². The van der Waals surface area contributed by atoms with Crippen LogP contribution in [0.2, 0.25) is 0 Å². The highest BCUT2D eigenvalue weighted by Gasteiger charge is 2.41. The highest BCUT2D eigenvalue weighted by Crippen LogP contribution is 2.35. The molecule has 3 heterocycles. The van der Waals surface area contributed by atoms with E-state index in [-0.39, 0.29) is 30.6 Å². The number of hydrogen-bond acceptors (Lipinski definition) is 4. The molecule has 4 rings (SSSR count). The van der Waals surface area contributed by atoms with Gasteiger partial charge < -0.3 is 4.90 Å². The predicted molar refractivity (Wildman–Crippen MR) is 85.3 cm³/mol. The van der Waals surface area contributed by atoms with Gasteiger partial charge in [0.2, 0.25) is 11.9 Å². The summed E-state index contributed by atoms with van der Waals surface area (Å²) in [4.78, 5) is 18.0. The highest BCUT2D eigenvalue weighted by atomic mass is 19.4. The molecule has 2 aromatic heterocycles. The quantitative estimate of drug-likeness (QED) is 0.922. The van der Waals surface area contributed by atoms with Crippen molar-refractivity contribution in [3.05, 3.63) is 18.2 Å². The molecule has 6 nitrogen and oxygen atoms in total. The predicted octanol–water partition coefficient (Wildman–Crippen LogP) is 2.86. The summed E-state index contributed by atoms with van der Waals surface area (Å²) >= 11 is 0. The van der Waals surface area contributed by atoms with E-state index in [1.807, 2.05) is 11.0 Å². The maximum absolute atomic E-state index is 12.8. The zero-order valence-corrected chi connectivity index (χ0v) is 13.5. The van der Waals surface area contributed by atoms with Gasteiger partial charge in [-0.05, 0) is 37.8 Å². The van der Waals surface area contributed by atoms with Crippen LogP contribution in [0.15, 0.2) is 18.2 Å². The Bertz CT molecular complexity index is 791. The van der Waals surface area contributed by atoms with Crippen LogP contribution in [0.3, 0.4) is 0 Å². The minimum Gasteiger partial charge on any atom is -0.356 e. The number of fused-ring (bicyclic) bond motifs is 1. The van der Waals surface area contributed by atoms with Crippen LogP contribution in [-0.2, 0) is 4.79 Å². The number of carbonyl (C=O) groups is 1. The SMILES string of the molecule is O=C(Nc1nc2cccc(N3CCC(C(F)(F)F)CC3)n2n1)C1CC1. The number of anilines is 2. The van der Waals surface area contributed by atoms with Gasteiger partial charge >= 0.3 is 6.18 Å². The molecule has 2 aliphatic rings. The summed E-state index contributed by atoms with van der Waals surface area (Å²) in [6.07, 6.45) is -2.22. The smallest absolute Gasteiger partial charge is 0.356 e. The third-order valence-electron chi connectivity index (χ3n) is 4.80. The number of amides is 1. The Balaban J connectivity index is 1.53. The lowest BCUT2D eigenvalue weighted by Crippen LogP contribution is -2.39. The van der Waals surface area contributed by atoms with E-state index in [1.54, 1.807) is 16.6 Å². The number of aromatic nitrogens is 3. The molecule has 0 unspecified atom stereocenters. The van der Waals surface area contributed by atoms with Gasteiger partial charge in [-0.1, -0.05) is 6.07 Å². The molecule has 9 heteroatoms. The summed E-state index contributed by atoms with van der Waals surface area (Å²) in [6, 6.07) is 5.36. The number of rotatable bonds is 3. The lowest BCUT2D eigenvalue weighted by molar-refractivity contribution is -0.179. The molecule has 1 aliphatic carbocycles.